The van der Waals surface area contributed by atoms with Crippen molar-refractivity contribution in [3.63, 3.8) is 0 Å². The van der Waals surface area contributed by atoms with Gasteiger partial charge in [-0.3, -0.25) is 9.59 Å². The van der Waals surface area contributed by atoms with Crippen molar-refractivity contribution in [3.05, 3.63) is 82.5 Å². The summed E-state index contributed by atoms with van der Waals surface area (Å²) >= 11 is 3.53. The first-order chi connectivity index (χ1) is 15.1. The Morgan fingerprint density at radius 2 is 1.77 bits per heavy atom. The lowest BCUT2D eigenvalue weighted by molar-refractivity contribution is -0.132. The number of carbonyl (C=O) groups excluding carboxylic acids is 2. The van der Waals surface area contributed by atoms with Crippen molar-refractivity contribution in [1.82, 2.24) is 14.8 Å². The Morgan fingerprint density at radius 3 is 2.58 bits per heavy atom. The lowest BCUT2D eigenvalue weighted by Crippen LogP contribution is -2.25. The van der Waals surface area contributed by atoms with Gasteiger partial charge in [0.05, 0.1) is 25.0 Å². The van der Waals surface area contributed by atoms with Crippen LogP contribution in [0.3, 0.4) is 0 Å². The molecule has 1 N–H and O–H groups in total. The molecule has 1 aliphatic rings. The van der Waals surface area contributed by atoms with E-state index in [4.69, 9.17) is 0 Å². The second kappa shape index (κ2) is 9.70. The first-order valence-corrected chi connectivity index (χ1v) is 10.9. The molecule has 1 aliphatic heterocycles. The monoisotopic (exact) mass is 479 g/mol. The summed E-state index contributed by atoms with van der Waals surface area (Å²) in [6.07, 6.45) is 2.55. The van der Waals surface area contributed by atoms with Gasteiger partial charge in [-0.25, -0.2) is 9.69 Å². The number of aromatic nitrogens is 2. The highest BCUT2D eigenvalue weighted by molar-refractivity contribution is 9.10. The molecular weight excluding hydrogens is 458 g/mol. The molecule has 31 heavy (non-hydrogen) atoms. The van der Waals surface area contributed by atoms with Crippen LogP contribution in [0.1, 0.15) is 30.4 Å². The summed E-state index contributed by atoms with van der Waals surface area (Å²) in [7, 11) is 0. The number of halogens is 1. The molecule has 8 heteroatoms. The third-order valence-corrected chi connectivity index (χ3v) is 5.80. The molecule has 2 amide bonds. The summed E-state index contributed by atoms with van der Waals surface area (Å²) in [4.78, 5) is 24.9. The number of hydrogen-bond donors (Lipinski definition) is 1. The molecule has 7 nitrogen and oxygen atoms in total. The molecule has 0 aliphatic carbocycles. The van der Waals surface area contributed by atoms with Gasteiger partial charge in [-0.15, -0.1) is 0 Å². The first kappa shape index (κ1) is 21.0. The third kappa shape index (κ3) is 5.27. The van der Waals surface area contributed by atoms with Crippen molar-refractivity contribution in [3.8, 4) is 0 Å². The molecule has 0 spiro atoms. The number of carbonyl (C=O) groups is 2. The SMILES string of the molecule is O=C(CCC(=O)N1CCC(c2ccccc2)=N1)Nc1ccnn1Cc1ccccc1Br. The zero-order chi connectivity index (χ0) is 21.6. The highest BCUT2D eigenvalue weighted by Crippen LogP contribution is 2.19. The Balaban J connectivity index is 1.30. The van der Waals surface area contributed by atoms with E-state index in [0.717, 1.165) is 27.7 Å². The van der Waals surface area contributed by atoms with Crippen LogP contribution in [-0.4, -0.2) is 38.9 Å². The predicted molar refractivity (Wildman–Crippen MR) is 123 cm³/mol. The molecule has 0 unspecified atom stereocenters. The molecule has 0 fully saturated rings. The molecule has 1 aromatic heterocycles. The summed E-state index contributed by atoms with van der Waals surface area (Å²) in [6, 6.07) is 19.4. The van der Waals surface area contributed by atoms with E-state index in [9.17, 15) is 9.59 Å². The molecular formula is C23H22BrN5O2. The molecule has 2 aromatic carbocycles. The Bertz CT molecular complexity index is 1110. The number of hydrazone groups is 1. The standard InChI is InChI=1S/C23H22BrN5O2/c24-19-9-5-4-8-18(19)16-29-21(12-14-25-29)26-22(30)10-11-23(31)28-15-13-20(27-28)17-6-2-1-3-7-17/h1-9,12,14H,10-11,13,15-16H2,(H,26,30). The van der Waals surface area contributed by atoms with Crippen LogP contribution in [0, 0.1) is 0 Å². The molecule has 3 aromatic rings. The number of benzene rings is 2. The van der Waals surface area contributed by atoms with Crippen molar-refractivity contribution in [1.29, 1.82) is 0 Å². The van der Waals surface area contributed by atoms with E-state index < -0.39 is 0 Å². The lowest BCUT2D eigenvalue weighted by Gasteiger charge is -2.12. The maximum atomic E-state index is 12.5. The van der Waals surface area contributed by atoms with Crippen LogP contribution in [0.2, 0.25) is 0 Å². The number of anilines is 1. The van der Waals surface area contributed by atoms with Gasteiger partial charge in [0.2, 0.25) is 11.8 Å². The van der Waals surface area contributed by atoms with Crippen LogP contribution in [0.25, 0.3) is 0 Å². The Hall–Kier alpha value is -3.26. The fraction of sp³-hybridized carbons (Fsp3) is 0.217. The molecule has 0 radical (unpaired) electrons. The average molecular weight is 480 g/mol. The zero-order valence-electron chi connectivity index (χ0n) is 16.9. The van der Waals surface area contributed by atoms with Gasteiger partial charge < -0.3 is 5.32 Å². The number of hydrogen-bond acceptors (Lipinski definition) is 4. The van der Waals surface area contributed by atoms with E-state index >= 15 is 0 Å². The summed E-state index contributed by atoms with van der Waals surface area (Å²) in [6.45, 7) is 1.07. The molecule has 2 heterocycles. The normalized spacial score (nSPS) is 13.2. The van der Waals surface area contributed by atoms with Crippen LogP contribution < -0.4 is 5.32 Å². The van der Waals surface area contributed by atoms with E-state index in [0.29, 0.717) is 18.9 Å². The van der Waals surface area contributed by atoms with Crippen LogP contribution in [-0.2, 0) is 16.1 Å². The molecule has 0 atom stereocenters. The van der Waals surface area contributed by atoms with Crippen molar-refractivity contribution in [2.45, 2.75) is 25.8 Å². The maximum Gasteiger partial charge on any atom is 0.243 e. The smallest absolute Gasteiger partial charge is 0.243 e. The van der Waals surface area contributed by atoms with Gasteiger partial charge in [0.25, 0.3) is 0 Å². The minimum Gasteiger partial charge on any atom is -0.311 e. The van der Waals surface area contributed by atoms with E-state index in [1.54, 1.807) is 16.9 Å². The van der Waals surface area contributed by atoms with Gasteiger partial charge in [0.15, 0.2) is 0 Å². The zero-order valence-corrected chi connectivity index (χ0v) is 18.5. The topological polar surface area (TPSA) is 79.6 Å². The first-order valence-electron chi connectivity index (χ1n) is 10.1. The Morgan fingerprint density at radius 1 is 1.00 bits per heavy atom. The number of nitrogens with zero attached hydrogens (tertiary/aromatic N) is 4. The van der Waals surface area contributed by atoms with Gasteiger partial charge in [-0.05, 0) is 17.2 Å². The maximum absolute atomic E-state index is 12.5. The molecule has 0 saturated heterocycles. The van der Waals surface area contributed by atoms with E-state index in [1.807, 2.05) is 54.6 Å². The lowest BCUT2D eigenvalue weighted by atomic mass is 10.1. The summed E-state index contributed by atoms with van der Waals surface area (Å²) in [5.74, 6) is 0.218. The quantitative estimate of drug-likeness (QED) is 0.554. The van der Waals surface area contributed by atoms with Gasteiger partial charge in [-0.1, -0.05) is 64.5 Å². The molecule has 0 saturated carbocycles. The second-order valence-corrected chi connectivity index (χ2v) is 8.05. The van der Waals surface area contributed by atoms with Gasteiger partial charge in [0.1, 0.15) is 5.82 Å². The third-order valence-electron chi connectivity index (χ3n) is 5.02. The Kier molecular flexibility index (Phi) is 6.57. The second-order valence-electron chi connectivity index (χ2n) is 7.19. The van der Waals surface area contributed by atoms with E-state index in [2.05, 4.69) is 31.4 Å². The van der Waals surface area contributed by atoms with Gasteiger partial charge in [0, 0.05) is 29.8 Å². The highest BCUT2D eigenvalue weighted by atomic mass is 79.9. The van der Waals surface area contributed by atoms with Crippen LogP contribution in [0.5, 0.6) is 0 Å². The minimum absolute atomic E-state index is 0.0890. The minimum atomic E-state index is -0.228. The van der Waals surface area contributed by atoms with Crippen LogP contribution >= 0.6 is 15.9 Å². The summed E-state index contributed by atoms with van der Waals surface area (Å²) in [5.41, 5.74) is 2.97. The fourth-order valence-electron chi connectivity index (χ4n) is 3.38. The van der Waals surface area contributed by atoms with Gasteiger partial charge >= 0.3 is 0 Å². The largest absolute Gasteiger partial charge is 0.311 e. The molecule has 4 rings (SSSR count). The fourth-order valence-corrected chi connectivity index (χ4v) is 3.79. The summed E-state index contributed by atoms with van der Waals surface area (Å²) in [5, 5.41) is 13.0. The van der Waals surface area contributed by atoms with Crippen molar-refractivity contribution >= 4 is 39.3 Å². The van der Waals surface area contributed by atoms with Crippen LogP contribution in [0.4, 0.5) is 5.82 Å². The summed E-state index contributed by atoms with van der Waals surface area (Å²) < 4.78 is 2.70. The van der Waals surface area contributed by atoms with Crippen molar-refractivity contribution in [2.75, 3.05) is 11.9 Å². The molecule has 158 valence electrons. The number of nitrogens with one attached hydrogen (secondary N) is 1. The van der Waals surface area contributed by atoms with Crippen molar-refractivity contribution < 1.29 is 9.59 Å². The highest BCUT2D eigenvalue weighted by Gasteiger charge is 2.22. The van der Waals surface area contributed by atoms with Crippen molar-refractivity contribution in [2.24, 2.45) is 5.10 Å². The van der Waals surface area contributed by atoms with E-state index in [-0.39, 0.29) is 24.7 Å². The van der Waals surface area contributed by atoms with E-state index in [1.165, 1.54) is 5.01 Å². The van der Waals surface area contributed by atoms with Gasteiger partial charge in [-0.2, -0.15) is 10.2 Å². The predicted octanol–water partition coefficient (Wildman–Crippen LogP) is 4.05. The van der Waals surface area contributed by atoms with Crippen LogP contribution in [0.15, 0.2) is 76.4 Å². The number of rotatable bonds is 7. The molecule has 0 bridgehead atoms. The average Bonchev–Trinajstić information content (AvgIpc) is 3.44. The number of amides is 2. The Labute approximate surface area is 188 Å².